The Labute approximate surface area is 273 Å². The lowest BCUT2D eigenvalue weighted by Gasteiger charge is -2.33. The van der Waals surface area contributed by atoms with Crippen LogP contribution in [0.15, 0.2) is 65.6 Å². The number of rotatable bonds is 10. The maximum atomic E-state index is 14.2. The third kappa shape index (κ3) is 8.17. The number of carbonyl (C=O) groups is 2. The third-order valence-corrected chi connectivity index (χ3v) is 10.6. The highest BCUT2D eigenvalue weighted by Gasteiger charge is 2.34. The summed E-state index contributed by atoms with van der Waals surface area (Å²) >= 11 is 25.6. The monoisotopic (exact) mass is 683 g/mol. The second kappa shape index (κ2) is 14.5. The molecule has 0 unspecified atom stereocenters. The van der Waals surface area contributed by atoms with Crippen molar-refractivity contribution in [2.75, 3.05) is 10.8 Å². The molecule has 1 fully saturated rings. The van der Waals surface area contributed by atoms with Gasteiger partial charge in [0.15, 0.2) is 0 Å². The first-order valence-corrected chi connectivity index (χ1v) is 16.9. The van der Waals surface area contributed by atoms with Crippen molar-refractivity contribution < 1.29 is 18.0 Å². The third-order valence-electron chi connectivity index (χ3n) is 7.57. The highest BCUT2D eigenvalue weighted by atomic mass is 35.5. The summed E-state index contributed by atoms with van der Waals surface area (Å²) in [5.74, 6) is -1.01. The van der Waals surface area contributed by atoms with Crippen LogP contribution < -0.4 is 9.62 Å². The Morgan fingerprint density at radius 2 is 1.53 bits per heavy atom. The first-order chi connectivity index (χ1) is 20.4. The molecule has 0 spiro atoms. The van der Waals surface area contributed by atoms with Crippen molar-refractivity contribution >= 4 is 73.9 Å². The van der Waals surface area contributed by atoms with E-state index in [0.29, 0.717) is 15.6 Å². The molecule has 3 aromatic carbocycles. The van der Waals surface area contributed by atoms with Crippen LogP contribution in [-0.2, 0) is 26.2 Å². The average molecular weight is 686 g/mol. The molecule has 1 aliphatic rings. The number of carbonyl (C=O) groups excluding carboxylic acids is 2. The maximum absolute atomic E-state index is 14.2. The van der Waals surface area contributed by atoms with Gasteiger partial charge in [0.1, 0.15) is 12.6 Å². The van der Waals surface area contributed by atoms with Crippen molar-refractivity contribution in [2.45, 2.75) is 69.5 Å². The second-order valence-corrected chi connectivity index (χ2v) is 14.2. The predicted molar refractivity (Wildman–Crippen MR) is 174 cm³/mol. The van der Waals surface area contributed by atoms with Gasteiger partial charge in [-0.3, -0.25) is 13.9 Å². The molecule has 4 rings (SSSR count). The number of aryl methyl sites for hydroxylation is 1. The van der Waals surface area contributed by atoms with E-state index in [1.807, 2.05) is 6.92 Å². The molecule has 230 valence electrons. The van der Waals surface area contributed by atoms with Crippen molar-refractivity contribution in [2.24, 2.45) is 0 Å². The number of nitrogens with zero attached hydrogens (tertiary/aromatic N) is 2. The quantitative estimate of drug-likeness (QED) is 0.238. The van der Waals surface area contributed by atoms with E-state index in [0.717, 1.165) is 42.0 Å². The Morgan fingerprint density at radius 1 is 0.907 bits per heavy atom. The van der Waals surface area contributed by atoms with E-state index in [1.165, 1.54) is 35.2 Å². The fourth-order valence-electron chi connectivity index (χ4n) is 5.03. The van der Waals surface area contributed by atoms with Gasteiger partial charge >= 0.3 is 0 Å². The number of benzene rings is 3. The van der Waals surface area contributed by atoms with Crippen LogP contribution in [0.25, 0.3) is 0 Å². The zero-order valence-corrected chi connectivity index (χ0v) is 27.7. The molecule has 7 nitrogen and oxygen atoms in total. The number of anilines is 1. The highest BCUT2D eigenvalue weighted by Crippen LogP contribution is 2.34. The first-order valence-electron chi connectivity index (χ1n) is 14.0. The standard InChI is InChI=1S/C31H33Cl4N3O4S/c1-20-11-14-24(15-12-20)43(41,42)38(29-17-22(32)13-16-28(29)35)19-30(39)37(18-25-26(33)9-6-10-27(25)34)21(2)31(40)36-23-7-4-3-5-8-23/h6,9-17,21,23H,3-5,7-8,18-19H2,1-2H3,(H,36,40)/t21-/m0/s1. The van der Waals surface area contributed by atoms with Crippen molar-refractivity contribution in [1.82, 2.24) is 10.2 Å². The van der Waals surface area contributed by atoms with Crippen LogP contribution in [0.5, 0.6) is 0 Å². The summed E-state index contributed by atoms with van der Waals surface area (Å²) in [6, 6.07) is 14.6. The van der Waals surface area contributed by atoms with E-state index in [4.69, 9.17) is 46.4 Å². The Hall–Kier alpha value is -2.49. The van der Waals surface area contributed by atoms with Crippen LogP contribution >= 0.6 is 46.4 Å². The van der Waals surface area contributed by atoms with Crippen LogP contribution in [0.4, 0.5) is 5.69 Å². The molecule has 0 aliphatic heterocycles. The molecule has 1 saturated carbocycles. The molecular formula is C31H33Cl4N3O4S. The molecule has 0 bridgehead atoms. The van der Waals surface area contributed by atoms with E-state index < -0.39 is 28.5 Å². The molecule has 43 heavy (non-hydrogen) atoms. The zero-order chi connectivity index (χ0) is 31.3. The smallest absolute Gasteiger partial charge is 0.264 e. The van der Waals surface area contributed by atoms with Crippen LogP contribution in [0.3, 0.4) is 0 Å². The summed E-state index contributed by atoms with van der Waals surface area (Å²) in [6.45, 7) is 2.65. The Morgan fingerprint density at radius 3 is 2.16 bits per heavy atom. The lowest BCUT2D eigenvalue weighted by molar-refractivity contribution is -0.139. The molecule has 0 saturated heterocycles. The maximum Gasteiger partial charge on any atom is 0.264 e. The van der Waals surface area contributed by atoms with Gasteiger partial charge in [-0.1, -0.05) is 89.4 Å². The normalized spacial score (nSPS) is 14.7. The fraction of sp³-hybridized carbons (Fsp3) is 0.355. The molecule has 3 aromatic rings. The van der Waals surface area contributed by atoms with Crippen molar-refractivity contribution in [3.63, 3.8) is 0 Å². The van der Waals surface area contributed by atoms with Crippen molar-refractivity contribution in [3.05, 3.63) is 91.9 Å². The van der Waals surface area contributed by atoms with Gasteiger partial charge < -0.3 is 10.2 Å². The largest absolute Gasteiger partial charge is 0.352 e. The lowest BCUT2D eigenvalue weighted by Crippen LogP contribution is -2.53. The van der Waals surface area contributed by atoms with Crippen molar-refractivity contribution in [1.29, 1.82) is 0 Å². The fourth-order valence-corrected chi connectivity index (χ4v) is 7.41. The minimum Gasteiger partial charge on any atom is -0.352 e. The minimum atomic E-state index is -4.31. The minimum absolute atomic E-state index is 0.00762. The lowest BCUT2D eigenvalue weighted by atomic mass is 9.95. The Balaban J connectivity index is 1.74. The first kappa shape index (κ1) is 33.4. The summed E-state index contributed by atoms with van der Waals surface area (Å²) in [6.07, 6.45) is 4.87. The number of sulfonamides is 1. The Bertz CT molecular complexity index is 1560. The number of hydrogen-bond donors (Lipinski definition) is 1. The summed E-state index contributed by atoms with van der Waals surface area (Å²) < 4.78 is 29.0. The van der Waals surface area contributed by atoms with Gasteiger partial charge in [-0.15, -0.1) is 0 Å². The van der Waals surface area contributed by atoms with Gasteiger partial charge in [0.25, 0.3) is 10.0 Å². The molecule has 2 amide bonds. The molecule has 0 radical (unpaired) electrons. The van der Waals surface area contributed by atoms with Crippen molar-refractivity contribution in [3.8, 4) is 0 Å². The van der Waals surface area contributed by atoms with Gasteiger partial charge in [0.2, 0.25) is 11.8 Å². The predicted octanol–water partition coefficient (Wildman–Crippen LogP) is 7.67. The number of amides is 2. The summed E-state index contributed by atoms with van der Waals surface area (Å²) in [5, 5.41) is 4.00. The zero-order valence-electron chi connectivity index (χ0n) is 23.8. The number of nitrogens with one attached hydrogen (secondary N) is 1. The van der Waals surface area contributed by atoms with Crippen LogP contribution in [0, 0.1) is 6.92 Å². The number of hydrogen-bond acceptors (Lipinski definition) is 4. The SMILES string of the molecule is Cc1ccc(S(=O)(=O)N(CC(=O)N(Cc2c(Cl)cccc2Cl)[C@@H](C)C(=O)NC2CCCCC2)c2cc(Cl)ccc2Cl)cc1. The van der Waals surface area contributed by atoms with E-state index in [-0.39, 0.29) is 39.1 Å². The van der Waals surface area contributed by atoms with Gasteiger partial charge in [-0.25, -0.2) is 8.42 Å². The van der Waals surface area contributed by atoms with E-state index in [1.54, 1.807) is 37.3 Å². The second-order valence-electron chi connectivity index (χ2n) is 10.7. The highest BCUT2D eigenvalue weighted by molar-refractivity contribution is 7.92. The summed E-state index contributed by atoms with van der Waals surface area (Å²) in [4.78, 5) is 28.9. The van der Waals surface area contributed by atoms with Gasteiger partial charge in [-0.05, 0) is 69.2 Å². The Kier molecular flexibility index (Phi) is 11.3. The average Bonchev–Trinajstić information content (AvgIpc) is 2.97. The molecular weight excluding hydrogens is 652 g/mol. The topological polar surface area (TPSA) is 86.8 Å². The summed E-state index contributed by atoms with van der Waals surface area (Å²) in [5.41, 5.74) is 1.33. The van der Waals surface area contributed by atoms with Gasteiger partial charge in [-0.2, -0.15) is 0 Å². The van der Waals surface area contributed by atoms with E-state index >= 15 is 0 Å². The van der Waals surface area contributed by atoms with Gasteiger partial charge in [0.05, 0.1) is 15.6 Å². The molecule has 12 heteroatoms. The molecule has 0 heterocycles. The molecule has 1 N–H and O–H groups in total. The molecule has 1 atom stereocenters. The summed E-state index contributed by atoms with van der Waals surface area (Å²) in [7, 11) is -4.31. The van der Waals surface area contributed by atoms with Crippen LogP contribution in [-0.4, -0.2) is 43.8 Å². The molecule has 1 aliphatic carbocycles. The number of halogens is 4. The van der Waals surface area contributed by atoms with E-state index in [2.05, 4.69) is 5.32 Å². The van der Waals surface area contributed by atoms with E-state index in [9.17, 15) is 18.0 Å². The van der Waals surface area contributed by atoms with Crippen LogP contribution in [0.1, 0.15) is 50.2 Å². The molecule has 0 aromatic heterocycles. The van der Waals surface area contributed by atoms with Gasteiger partial charge in [0, 0.05) is 33.2 Å². The van der Waals surface area contributed by atoms with Crippen LogP contribution in [0.2, 0.25) is 20.1 Å².